The Hall–Kier alpha value is -1.74. The van der Waals surface area contributed by atoms with Gasteiger partial charge in [-0.05, 0) is 0 Å². The van der Waals surface area contributed by atoms with Gasteiger partial charge < -0.3 is 0 Å². The van der Waals surface area contributed by atoms with Crippen LogP contribution in [0.4, 0.5) is 0 Å². The van der Waals surface area contributed by atoms with Gasteiger partial charge in [0, 0.05) is 0 Å². The van der Waals surface area contributed by atoms with Gasteiger partial charge in [0.2, 0.25) is 0 Å². The molecule has 130 valence electrons. The van der Waals surface area contributed by atoms with E-state index in [4.69, 9.17) is 13.8 Å². The minimum absolute atomic E-state index is 0.233. The van der Waals surface area contributed by atoms with Crippen LogP contribution in [0, 0.1) is 0 Å². The summed E-state index contributed by atoms with van der Waals surface area (Å²) in [5, 5.41) is 1.92. The van der Waals surface area contributed by atoms with Crippen LogP contribution in [-0.4, -0.2) is 33.0 Å². The molecule has 0 aromatic heterocycles. The standard InChI is InChI=1S/C19H25O4P/c1-4-23-19(20)15-16-24(21-2,22-3,17-11-7-5-8-12-17)18-13-9-6-10-14-18/h5-14H,4,15-16H2,1-3H3. The Labute approximate surface area is 143 Å². The van der Waals surface area contributed by atoms with Gasteiger partial charge in [-0.25, -0.2) is 0 Å². The van der Waals surface area contributed by atoms with Crippen molar-refractivity contribution in [3.8, 4) is 0 Å². The first kappa shape index (κ1) is 18.6. The van der Waals surface area contributed by atoms with Gasteiger partial charge in [0.25, 0.3) is 0 Å². The molecule has 0 aliphatic heterocycles. The van der Waals surface area contributed by atoms with Crippen molar-refractivity contribution in [2.24, 2.45) is 0 Å². The number of hydrogen-bond donors (Lipinski definition) is 0. The second kappa shape index (κ2) is 7.89. The third-order valence-corrected chi connectivity index (χ3v) is 9.62. The van der Waals surface area contributed by atoms with Gasteiger partial charge in [-0.1, -0.05) is 0 Å². The Morgan fingerprint density at radius 2 is 1.33 bits per heavy atom. The van der Waals surface area contributed by atoms with Crippen molar-refractivity contribution in [2.45, 2.75) is 13.3 Å². The Bertz CT molecular complexity index is 610. The Kier molecular flexibility index (Phi) is 6.11. The molecule has 0 heterocycles. The van der Waals surface area contributed by atoms with Crippen LogP contribution < -0.4 is 10.6 Å². The monoisotopic (exact) mass is 348 g/mol. The Morgan fingerprint density at radius 1 is 0.875 bits per heavy atom. The summed E-state index contributed by atoms with van der Waals surface area (Å²) in [7, 11) is -0.120. The maximum atomic E-state index is 12.0. The number of carbonyl (C=O) groups is 1. The summed E-state index contributed by atoms with van der Waals surface area (Å²) in [6, 6.07) is 19.8. The average Bonchev–Trinajstić information content (AvgIpc) is 2.66. The Balaban J connectivity index is 2.60. The SMILES string of the molecule is CCOC(=O)CCP(OC)(OC)(c1ccccc1)c1ccccc1. The van der Waals surface area contributed by atoms with E-state index in [1.54, 1.807) is 21.1 Å². The van der Waals surface area contributed by atoms with Crippen LogP contribution in [0.15, 0.2) is 60.7 Å². The summed E-state index contributed by atoms with van der Waals surface area (Å²) in [6.45, 7) is 2.17. The Morgan fingerprint density at radius 3 is 1.71 bits per heavy atom. The van der Waals surface area contributed by atoms with Crippen LogP contribution >= 0.6 is 7.06 Å². The van der Waals surface area contributed by atoms with Gasteiger partial charge >= 0.3 is 143 Å². The summed E-state index contributed by atoms with van der Waals surface area (Å²) < 4.78 is 17.5. The first-order chi connectivity index (χ1) is 11.6. The molecule has 0 aliphatic carbocycles. The predicted molar refractivity (Wildman–Crippen MR) is 99.2 cm³/mol. The fraction of sp³-hybridized carbons (Fsp3) is 0.316. The number of carbonyl (C=O) groups excluding carboxylic acids is 1. The van der Waals surface area contributed by atoms with E-state index >= 15 is 0 Å². The zero-order chi connectivity index (χ0) is 17.5. The molecule has 4 nitrogen and oxygen atoms in total. The second-order valence-electron chi connectivity index (χ2n) is 5.44. The molecule has 2 aromatic carbocycles. The summed E-state index contributed by atoms with van der Waals surface area (Å²) in [5.74, 6) is -0.243. The van der Waals surface area contributed by atoms with Crippen molar-refractivity contribution < 1.29 is 18.6 Å². The molecule has 0 unspecified atom stereocenters. The van der Waals surface area contributed by atoms with E-state index in [0.717, 1.165) is 10.6 Å². The molecule has 0 spiro atoms. The number of ether oxygens (including phenoxy) is 1. The number of esters is 1. The first-order valence-electron chi connectivity index (χ1n) is 8.02. The van der Waals surface area contributed by atoms with E-state index in [1.165, 1.54) is 0 Å². The fourth-order valence-corrected chi connectivity index (χ4v) is 7.38. The maximum absolute atomic E-state index is 12.0. The van der Waals surface area contributed by atoms with E-state index in [2.05, 4.69) is 0 Å². The van der Waals surface area contributed by atoms with E-state index in [1.807, 2.05) is 60.7 Å². The van der Waals surface area contributed by atoms with Crippen molar-refractivity contribution in [3.63, 3.8) is 0 Å². The van der Waals surface area contributed by atoms with E-state index < -0.39 is 7.06 Å². The molecule has 0 saturated heterocycles. The first-order valence-corrected chi connectivity index (χ1v) is 10.3. The summed E-state index contributed by atoms with van der Waals surface area (Å²) in [5.41, 5.74) is 0. The molecule has 0 bridgehead atoms. The van der Waals surface area contributed by atoms with Crippen LogP contribution in [0.3, 0.4) is 0 Å². The van der Waals surface area contributed by atoms with Crippen molar-refractivity contribution in [1.29, 1.82) is 0 Å². The van der Waals surface area contributed by atoms with Crippen molar-refractivity contribution in [1.82, 2.24) is 0 Å². The van der Waals surface area contributed by atoms with Gasteiger partial charge in [0.1, 0.15) is 0 Å². The zero-order valence-corrected chi connectivity index (χ0v) is 15.4. The van der Waals surface area contributed by atoms with Crippen LogP contribution in [-0.2, 0) is 18.6 Å². The third kappa shape index (κ3) is 3.23. The molecule has 0 aliphatic rings. The number of benzene rings is 2. The molecule has 2 rings (SSSR count). The van der Waals surface area contributed by atoms with Crippen molar-refractivity contribution in [3.05, 3.63) is 60.7 Å². The minimum atomic E-state index is -3.44. The van der Waals surface area contributed by atoms with Crippen molar-refractivity contribution >= 4 is 23.6 Å². The fourth-order valence-electron chi connectivity index (χ4n) is 3.07. The van der Waals surface area contributed by atoms with E-state index in [9.17, 15) is 4.79 Å². The molecular weight excluding hydrogens is 323 g/mol. The average molecular weight is 348 g/mol. The molecule has 0 amide bonds. The number of hydrogen-bond acceptors (Lipinski definition) is 4. The van der Waals surface area contributed by atoms with Gasteiger partial charge in [-0.3, -0.25) is 0 Å². The molecule has 5 heteroatoms. The molecular formula is C19H25O4P. The predicted octanol–water partition coefficient (Wildman–Crippen LogP) is 3.27. The molecule has 0 saturated carbocycles. The van der Waals surface area contributed by atoms with Gasteiger partial charge in [-0.15, -0.1) is 0 Å². The van der Waals surface area contributed by atoms with Crippen molar-refractivity contribution in [2.75, 3.05) is 27.0 Å². The van der Waals surface area contributed by atoms with Crippen LogP contribution in [0.2, 0.25) is 0 Å². The van der Waals surface area contributed by atoms with Crippen LogP contribution in [0.25, 0.3) is 0 Å². The van der Waals surface area contributed by atoms with E-state index in [0.29, 0.717) is 12.8 Å². The molecule has 0 atom stereocenters. The van der Waals surface area contributed by atoms with Crippen LogP contribution in [0.1, 0.15) is 13.3 Å². The quantitative estimate of drug-likeness (QED) is 0.543. The second-order valence-corrected chi connectivity index (χ2v) is 9.90. The zero-order valence-electron chi connectivity index (χ0n) is 14.5. The summed E-state index contributed by atoms with van der Waals surface area (Å²) >= 11 is 0. The third-order valence-electron chi connectivity index (χ3n) is 4.36. The number of rotatable bonds is 8. The van der Waals surface area contributed by atoms with Gasteiger partial charge in [0.05, 0.1) is 0 Å². The molecule has 2 aromatic rings. The topological polar surface area (TPSA) is 44.8 Å². The van der Waals surface area contributed by atoms with Gasteiger partial charge in [-0.2, -0.15) is 0 Å². The van der Waals surface area contributed by atoms with Gasteiger partial charge in [0.15, 0.2) is 0 Å². The molecule has 0 radical (unpaired) electrons. The molecule has 0 fully saturated rings. The summed E-state index contributed by atoms with van der Waals surface area (Å²) in [6.07, 6.45) is 0.669. The normalized spacial score (nSPS) is 13.0. The van der Waals surface area contributed by atoms with E-state index in [-0.39, 0.29) is 12.4 Å². The summed E-state index contributed by atoms with van der Waals surface area (Å²) in [4.78, 5) is 12.0. The molecule has 24 heavy (non-hydrogen) atoms. The van der Waals surface area contributed by atoms with Crippen LogP contribution in [0.5, 0.6) is 0 Å². The molecule has 0 N–H and O–H groups in total.